The van der Waals surface area contributed by atoms with Crippen LogP contribution in [0.3, 0.4) is 0 Å². The number of methoxy groups -OCH3 is 1. The number of hydrogen-bond acceptors (Lipinski definition) is 5. The molecule has 2 aliphatic carbocycles. The van der Waals surface area contributed by atoms with Crippen LogP contribution in [0.15, 0.2) is 24.4 Å². The van der Waals surface area contributed by atoms with Crippen molar-refractivity contribution >= 4 is 16.7 Å². The van der Waals surface area contributed by atoms with E-state index >= 15 is 0 Å². The number of ether oxygens (including phenoxy) is 1. The van der Waals surface area contributed by atoms with Gasteiger partial charge in [0.2, 0.25) is 0 Å². The number of anilines is 1. The summed E-state index contributed by atoms with van der Waals surface area (Å²) in [5, 5.41) is 13.7. The molecule has 5 rings (SSSR count). The third-order valence-corrected chi connectivity index (χ3v) is 8.12. The summed E-state index contributed by atoms with van der Waals surface area (Å²) in [5.41, 5.74) is 2.49. The molecule has 33 heavy (non-hydrogen) atoms. The first kappa shape index (κ1) is 22.9. The number of aromatic nitrogens is 3. The van der Waals surface area contributed by atoms with Crippen molar-refractivity contribution in [2.24, 2.45) is 11.8 Å². The van der Waals surface area contributed by atoms with Gasteiger partial charge in [-0.25, -0.2) is 4.98 Å². The first-order valence-electron chi connectivity index (χ1n) is 13.3. The third-order valence-electron chi connectivity index (χ3n) is 8.12. The second kappa shape index (κ2) is 11.0. The lowest BCUT2D eigenvalue weighted by atomic mass is 9.87. The topological polar surface area (TPSA) is 64.0 Å². The molecule has 1 atom stereocenters. The molecule has 0 aromatic carbocycles. The summed E-state index contributed by atoms with van der Waals surface area (Å²) in [6.45, 7) is 3.33. The van der Waals surface area contributed by atoms with Gasteiger partial charge in [0.05, 0.1) is 22.7 Å². The van der Waals surface area contributed by atoms with Gasteiger partial charge in [-0.3, -0.25) is 4.68 Å². The van der Waals surface area contributed by atoms with Crippen molar-refractivity contribution in [2.45, 2.75) is 89.3 Å². The number of fused-ring (bicyclic) bond motifs is 1. The van der Waals surface area contributed by atoms with E-state index in [0.29, 0.717) is 18.1 Å². The zero-order valence-corrected chi connectivity index (χ0v) is 20.3. The van der Waals surface area contributed by atoms with Crippen molar-refractivity contribution < 1.29 is 4.74 Å². The summed E-state index contributed by atoms with van der Waals surface area (Å²) in [6, 6.07) is 2.56. The molecule has 1 saturated carbocycles. The van der Waals surface area contributed by atoms with Gasteiger partial charge in [-0.1, -0.05) is 12.2 Å². The molecule has 2 N–H and O–H groups in total. The predicted molar refractivity (Wildman–Crippen MR) is 135 cm³/mol. The van der Waals surface area contributed by atoms with Gasteiger partial charge in [-0.2, -0.15) is 5.10 Å². The van der Waals surface area contributed by atoms with Crippen molar-refractivity contribution in [3.05, 3.63) is 30.1 Å². The summed E-state index contributed by atoms with van der Waals surface area (Å²) in [6.07, 6.45) is 20.3. The van der Waals surface area contributed by atoms with E-state index in [1.807, 2.05) is 13.3 Å². The molecule has 0 spiro atoms. The fraction of sp³-hybridized carbons (Fsp3) is 0.704. The molecule has 0 bridgehead atoms. The molecule has 6 heteroatoms. The van der Waals surface area contributed by atoms with Gasteiger partial charge < -0.3 is 15.4 Å². The highest BCUT2D eigenvalue weighted by molar-refractivity contribution is 5.92. The molecule has 0 radical (unpaired) electrons. The van der Waals surface area contributed by atoms with Crippen molar-refractivity contribution in [3.8, 4) is 0 Å². The molecule has 0 amide bonds. The van der Waals surface area contributed by atoms with Crippen molar-refractivity contribution in [1.29, 1.82) is 0 Å². The first-order valence-corrected chi connectivity index (χ1v) is 13.3. The van der Waals surface area contributed by atoms with Crippen LogP contribution >= 0.6 is 0 Å². The minimum absolute atomic E-state index is 0.377. The van der Waals surface area contributed by atoms with Crippen molar-refractivity contribution in [1.82, 2.24) is 20.1 Å². The molecular formula is C27H41N5O. The van der Waals surface area contributed by atoms with E-state index in [0.717, 1.165) is 37.8 Å². The van der Waals surface area contributed by atoms with Gasteiger partial charge in [0.1, 0.15) is 5.82 Å². The molecule has 1 aliphatic heterocycles. The van der Waals surface area contributed by atoms with Crippen LogP contribution in [-0.4, -0.2) is 47.1 Å². The van der Waals surface area contributed by atoms with Gasteiger partial charge in [-0.15, -0.1) is 0 Å². The van der Waals surface area contributed by atoms with Gasteiger partial charge >= 0.3 is 0 Å². The van der Waals surface area contributed by atoms with Crippen LogP contribution in [0.1, 0.15) is 69.9 Å². The Morgan fingerprint density at radius 3 is 2.70 bits per heavy atom. The largest absolute Gasteiger partial charge is 0.381 e. The van der Waals surface area contributed by atoms with E-state index < -0.39 is 0 Å². The summed E-state index contributed by atoms with van der Waals surface area (Å²) >= 11 is 0. The molecule has 3 aliphatic rings. The Bertz CT molecular complexity index is 924. The summed E-state index contributed by atoms with van der Waals surface area (Å²) in [5.74, 6) is 2.52. The summed E-state index contributed by atoms with van der Waals surface area (Å²) in [4.78, 5) is 4.81. The Morgan fingerprint density at radius 2 is 1.94 bits per heavy atom. The highest BCUT2D eigenvalue weighted by atomic mass is 16.5. The van der Waals surface area contributed by atoms with Crippen LogP contribution < -0.4 is 10.6 Å². The molecular weight excluding hydrogens is 410 g/mol. The number of aryl methyl sites for hydroxylation is 1. The molecule has 1 saturated heterocycles. The van der Waals surface area contributed by atoms with E-state index in [-0.39, 0.29) is 0 Å². The van der Waals surface area contributed by atoms with Gasteiger partial charge in [0.25, 0.3) is 0 Å². The number of hydrogen-bond donors (Lipinski definition) is 2. The maximum absolute atomic E-state index is 5.59. The van der Waals surface area contributed by atoms with Crippen LogP contribution in [-0.2, 0) is 17.7 Å². The molecule has 2 aromatic heterocycles. The highest BCUT2D eigenvalue weighted by Crippen LogP contribution is 2.32. The number of nitrogens with zero attached hydrogens (tertiary/aromatic N) is 3. The van der Waals surface area contributed by atoms with Crippen LogP contribution in [0.5, 0.6) is 0 Å². The quantitative estimate of drug-likeness (QED) is 0.548. The minimum Gasteiger partial charge on any atom is -0.381 e. The smallest absolute Gasteiger partial charge is 0.137 e. The lowest BCUT2D eigenvalue weighted by molar-refractivity contribution is 0.0538. The number of pyridine rings is 1. The Morgan fingerprint density at radius 1 is 1.09 bits per heavy atom. The lowest BCUT2D eigenvalue weighted by Crippen LogP contribution is -2.28. The average molecular weight is 452 g/mol. The fourth-order valence-electron chi connectivity index (χ4n) is 6.04. The summed E-state index contributed by atoms with van der Waals surface area (Å²) < 4.78 is 7.89. The second-order valence-electron chi connectivity index (χ2n) is 10.4. The highest BCUT2D eigenvalue weighted by Gasteiger charge is 2.24. The Kier molecular flexibility index (Phi) is 7.62. The number of rotatable bonds is 8. The van der Waals surface area contributed by atoms with Crippen molar-refractivity contribution in [2.75, 3.05) is 25.5 Å². The zero-order chi connectivity index (χ0) is 22.5. The van der Waals surface area contributed by atoms with Gasteiger partial charge in [-0.05, 0) is 102 Å². The molecule has 2 aromatic rings. The molecule has 1 unspecified atom stereocenters. The zero-order valence-electron chi connectivity index (χ0n) is 20.3. The van der Waals surface area contributed by atoms with E-state index in [4.69, 9.17) is 14.8 Å². The number of allylic oxidation sites excluding steroid dienone is 1. The maximum atomic E-state index is 5.59. The molecule has 180 valence electrons. The Balaban J connectivity index is 1.39. The molecule has 6 nitrogen and oxygen atoms in total. The van der Waals surface area contributed by atoms with Crippen LogP contribution in [0.2, 0.25) is 0 Å². The monoisotopic (exact) mass is 451 g/mol. The number of nitrogens with one attached hydrogen (secondary N) is 2. The van der Waals surface area contributed by atoms with Crippen LogP contribution in [0, 0.1) is 11.8 Å². The SMILES string of the molecule is COC1CCC(Cn2nc(CCC3CCNCC3)c3c(NC4C=CCCC4)nccc32)CC1. The fourth-order valence-corrected chi connectivity index (χ4v) is 6.04. The maximum Gasteiger partial charge on any atom is 0.137 e. The van der Waals surface area contributed by atoms with Crippen molar-refractivity contribution in [3.63, 3.8) is 0 Å². The van der Waals surface area contributed by atoms with Gasteiger partial charge in [0, 0.05) is 25.9 Å². The minimum atomic E-state index is 0.377. The van der Waals surface area contributed by atoms with Gasteiger partial charge in [0.15, 0.2) is 0 Å². The third kappa shape index (κ3) is 5.60. The molecule has 2 fully saturated rings. The summed E-state index contributed by atoms with van der Waals surface area (Å²) in [7, 11) is 1.85. The number of piperidine rings is 1. The van der Waals surface area contributed by atoms with E-state index in [1.54, 1.807) is 0 Å². The molecule has 3 heterocycles. The second-order valence-corrected chi connectivity index (χ2v) is 10.4. The normalized spacial score (nSPS) is 26.6. The standard InChI is InChI=1S/C27H41N5O/c1-33-23-10-7-21(8-11-23)19-32-25-15-18-29-27(30-22-5-3-2-4-6-22)26(25)24(31-32)12-9-20-13-16-28-17-14-20/h3,5,15,18,20-23,28H,2,4,6-14,16-17,19H2,1H3,(H,29,30). The van der Waals surface area contributed by atoms with E-state index in [1.165, 1.54) is 80.8 Å². The predicted octanol–water partition coefficient (Wildman–Crippen LogP) is 5.09. The Hall–Kier alpha value is -1.92. The van der Waals surface area contributed by atoms with E-state index in [9.17, 15) is 0 Å². The van der Waals surface area contributed by atoms with Crippen LogP contribution in [0.25, 0.3) is 10.9 Å². The average Bonchev–Trinajstić information content (AvgIpc) is 3.23. The first-order chi connectivity index (χ1) is 16.3. The van der Waals surface area contributed by atoms with Crippen LogP contribution in [0.4, 0.5) is 5.82 Å². The Labute approximate surface area is 198 Å². The van der Waals surface area contributed by atoms with E-state index in [2.05, 4.69) is 33.5 Å². The lowest BCUT2D eigenvalue weighted by Gasteiger charge is -2.27.